The van der Waals surface area contributed by atoms with Crippen molar-refractivity contribution in [2.75, 3.05) is 6.61 Å². The summed E-state index contributed by atoms with van der Waals surface area (Å²) in [6.07, 6.45) is 21.7. The van der Waals surface area contributed by atoms with Crippen LogP contribution in [-0.4, -0.2) is 41.3 Å². The van der Waals surface area contributed by atoms with E-state index < -0.39 is 12.1 Å². The van der Waals surface area contributed by atoms with Crippen molar-refractivity contribution in [3.8, 4) is 0 Å². The van der Waals surface area contributed by atoms with Crippen LogP contribution in [0.5, 0.6) is 0 Å². The molecular weight excluding hydrogens is 416 g/mol. The average molecular weight is 469 g/mol. The summed E-state index contributed by atoms with van der Waals surface area (Å²) < 4.78 is 12.1. The van der Waals surface area contributed by atoms with E-state index in [1.807, 2.05) is 0 Å². The average Bonchev–Trinajstić information content (AvgIpc) is 2.80. The molecule has 194 valence electrons. The number of hydrogen-bond acceptors (Lipinski definition) is 4. The topological polar surface area (TPSA) is 76.0 Å². The molecule has 1 aliphatic heterocycles. The Hall–Kier alpha value is -0.910. The van der Waals surface area contributed by atoms with Crippen LogP contribution < -0.4 is 0 Å². The minimum Gasteiger partial charge on any atom is -0.481 e. The fourth-order valence-electron chi connectivity index (χ4n) is 4.61. The van der Waals surface area contributed by atoms with Gasteiger partial charge in [-0.15, -0.1) is 0 Å². The maximum absolute atomic E-state index is 11.4. The first kappa shape index (κ1) is 30.1. The predicted octanol–water partition coefficient (Wildman–Crippen LogP) is 7.41. The molecule has 3 unspecified atom stereocenters. The Labute approximate surface area is 203 Å². The van der Waals surface area contributed by atoms with E-state index in [4.69, 9.17) is 9.47 Å². The van der Waals surface area contributed by atoms with Crippen molar-refractivity contribution in [3.05, 3.63) is 12.2 Å². The molecule has 0 saturated carbocycles. The zero-order chi connectivity index (χ0) is 24.2. The number of rotatable bonds is 21. The number of unbranched alkanes of at least 4 members (excludes halogenated alkanes) is 8. The van der Waals surface area contributed by atoms with Crippen molar-refractivity contribution in [2.24, 2.45) is 5.92 Å². The number of aliphatic carboxylic acids is 1. The SMILES string of the molecule is CCCCCCCC=CCCC(CC(O)C(CCCCCC)CC(=O)O)O[C@@H]1CCCCO1. The normalized spacial score (nSPS) is 19.5. The quantitative estimate of drug-likeness (QED) is 0.135. The first-order chi connectivity index (χ1) is 16.1. The molecule has 0 amide bonds. The van der Waals surface area contributed by atoms with Crippen LogP contribution >= 0.6 is 0 Å². The van der Waals surface area contributed by atoms with Crippen LogP contribution in [0.15, 0.2) is 12.2 Å². The van der Waals surface area contributed by atoms with E-state index in [0.717, 1.165) is 77.2 Å². The summed E-state index contributed by atoms with van der Waals surface area (Å²) in [4.78, 5) is 11.4. The van der Waals surface area contributed by atoms with Crippen molar-refractivity contribution < 1.29 is 24.5 Å². The third-order valence-corrected chi connectivity index (χ3v) is 6.69. The highest BCUT2D eigenvalue weighted by atomic mass is 16.7. The van der Waals surface area contributed by atoms with Gasteiger partial charge in [-0.2, -0.15) is 0 Å². The molecule has 1 rings (SSSR count). The van der Waals surface area contributed by atoms with E-state index in [2.05, 4.69) is 26.0 Å². The number of ether oxygens (including phenoxy) is 2. The van der Waals surface area contributed by atoms with Crippen LogP contribution in [0.1, 0.15) is 129 Å². The van der Waals surface area contributed by atoms with E-state index in [0.29, 0.717) is 6.42 Å². The molecule has 1 saturated heterocycles. The third kappa shape index (κ3) is 16.4. The van der Waals surface area contributed by atoms with Gasteiger partial charge in [-0.3, -0.25) is 4.79 Å². The van der Waals surface area contributed by atoms with Gasteiger partial charge in [0.05, 0.1) is 18.6 Å². The molecule has 2 N–H and O–H groups in total. The van der Waals surface area contributed by atoms with Crippen LogP contribution in [0.4, 0.5) is 0 Å². The lowest BCUT2D eigenvalue weighted by Gasteiger charge is -2.30. The summed E-state index contributed by atoms with van der Waals surface area (Å²) in [5.41, 5.74) is 0. The van der Waals surface area contributed by atoms with Crippen LogP contribution in [0.25, 0.3) is 0 Å². The maximum Gasteiger partial charge on any atom is 0.303 e. The Morgan fingerprint density at radius 1 is 0.970 bits per heavy atom. The van der Waals surface area contributed by atoms with E-state index in [-0.39, 0.29) is 24.7 Å². The lowest BCUT2D eigenvalue weighted by molar-refractivity contribution is -0.195. The highest BCUT2D eigenvalue weighted by molar-refractivity contribution is 5.67. The summed E-state index contributed by atoms with van der Waals surface area (Å²) in [5.74, 6) is -1.04. The van der Waals surface area contributed by atoms with Gasteiger partial charge in [0.1, 0.15) is 0 Å². The lowest BCUT2D eigenvalue weighted by atomic mass is 9.88. The van der Waals surface area contributed by atoms with Crippen molar-refractivity contribution >= 4 is 5.97 Å². The number of carboxylic acids is 1. The molecule has 0 aliphatic carbocycles. The van der Waals surface area contributed by atoms with E-state index >= 15 is 0 Å². The Bertz CT molecular complexity index is 487. The second-order valence-corrected chi connectivity index (χ2v) is 9.82. The molecule has 5 nitrogen and oxygen atoms in total. The summed E-state index contributed by atoms with van der Waals surface area (Å²) >= 11 is 0. The summed E-state index contributed by atoms with van der Waals surface area (Å²) in [7, 11) is 0. The third-order valence-electron chi connectivity index (χ3n) is 6.69. The highest BCUT2D eigenvalue weighted by Crippen LogP contribution is 2.26. The molecule has 0 aromatic rings. The number of hydrogen-bond donors (Lipinski definition) is 2. The number of carbonyl (C=O) groups is 1. The second kappa shape index (κ2) is 20.5. The first-order valence-electron chi connectivity index (χ1n) is 13.9. The molecule has 0 radical (unpaired) electrons. The number of aliphatic hydroxyl groups is 1. The fraction of sp³-hybridized carbons (Fsp3) is 0.893. The smallest absolute Gasteiger partial charge is 0.303 e. The minimum atomic E-state index is -0.829. The number of carboxylic acid groups (broad SMARTS) is 1. The van der Waals surface area contributed by atoms with Gasteiger partial charge in [0, 0.05) is 6.61 Å². The molecule has 1 fully saturated rings. The molecule has 5 heteroatoms. The summed E-state index contributed by atoms with van der Waals surface area (Å²) in [6.45, 7) is 5.14. The van der Waals surface area contributed by atoms with Gasteiger partial charge in [0.2, 0.25) is 0 Å². The molecule has 0 bridgehead atoms. The second-order valence-electron chi connectivity index (χ2n) is 9.82. The van der Waals surface area contributed by atoms with Crippen molar-refractivity contribution in [1.29, 1.82) is 0 Å². The van der Waals surface area contributed by atoms with E-state index in [1.165, 1.54) is 32.1 Å². The molecular formula is C28H52O5. The zero-order valence-corrected chi connectivity index (χ0v) is 21.5. The van der Waals surface area contributed by atoms with E-state index in [1.54, 1.807) is 0 Å². The molecule has 33 heavy (non-hydrogen) atoms. The number of aliphatic hydroxyl groups excluding tert-OH is 1. The standard InChI is InChI=1S/C28H52O5/c1-3-5-7-9-10-11-12-13-15-19-25(33-28-20-16-17-21-32-28)23-26(29)24(22-27(30)31)18-14-8-6-4-2/h12-13,24-26,28-29H,3-11,14-23H2,1-2H3,(H,30,31)/t24?,25?,26?,28-/m1/s1. The zero-order valence-electron chi connectivity index (χ0n) is 21.5. The van der Waals surface area contributed by atoms with Crippen molar-refractivity contribution in [2.45, 2.75) is 148 Å². The van der Waals surface area contributed by atoms with Crippen molar-refractivity contribution in [3.63, 3.8) is 0 Å². The maximum atomic E-state index is 11.4. The van der Waals surface area contributed by atoms with Gasteiger partial charge in [-0.25, -0.2) is 0 Å². The van der Waals surface area contributed by atoms with Gasteiger partial charge in [0.15, 0.2) is 6.29 Å². The predicted molar refractivity (Wildman–Crippen MR) is 135 cm³/mol. The molecule has 4 atom stereocenters. The van der Waals surface area contributed by atoms with Crippen molar-refractivity contribution in [1.82, 2.24) is 0 Å². The Morgan fingerprint density at radius 2 is 1.67 bits per heavy atom. The Kier molecular flexibility index (Phi) is 18.7. The highest BCUT2D eigenvalue weighted by Gasteiger charge is 2.27. The monoisotopic (exact) mass is 468 g/mol. The lowest BCUT2D eigenvalue weighted by Crippen LogP contribution is -2.33. The Morgan fingerprint density at radius 3 is 2.33 bits per heavy atom. The van der Waals surface area contributed by atoms with Gasteiger partial charge in [-0.1, -0.05) is 77.4 Å². The summed E-state index contributed by atoms with van der Waals surface area (Å²) in [5, 5.41) is 20.3. The Balaban J connectivity index is 2.54. The van der Waals surface area contributed by atoms with E-state index in [9.17, 15) is 15.0 Å². The van der Waals surface area contributed by atoms with Gasteiger partial charge in [0.25, 0.3) is 0 Å². The van der Waals surface area contributed by atoms with Gasteiger partial charge in [-0.05, 0) is 63.7 Å². The van der Waals surface area contributed by atoms with Crippen LogP contribution in [0, 0.1) is 5.92 Å². The van der Waals surface area contributed by atoms with Gasteiger partial charge >= 0.3 is 5.97 Å². The molecule has 1 heterocycles. The minimum absolute atomic E-state index is 0.0257. The molecule has 0 spiro atoms. The largest absolute Gasteiger partial charge is 0.481 e. The summed E-state index contributed by atoms with van der Waals surface area (Å²) in [6, 6.07) is 0. The van der Waals surface area contributed by atoms with Crippen LogP contribution in [0.2, 0.25) is 0 Å². The first-order valence-corrected chi connectivity index (χ1v) is 13.9. The van der Waals surface area contributed by atoms with Crippen LogP contribution in [0.3, 0.4) is 0 Å². The molecule has 0 aromatic heterocycles. The molecule has 1 aliphatic rings. The number of allylic oxidation sites excluding steroid dienone is 2. The fourth-order valence-corrected chi connectivity index (χ4v) is 4.61. The van der Waals surface area contributed by atoms with Crippen LogP contribution in [-0.2, 0) is 14.3 Å². The molecule has 0 aromatic carbocycles. The van der Waals surface area contributed by atoms with Gasteiger partial charge < -0.3 is 19.7 Å².